The smallest absolute Gasteiger partial charge is 0.185 e. The number of aldehydes is 1. The molecule has 1 aromatic heterocycles. The van der Waals surface area contributed by atoms with E-state index < -0.39 is 9.04 Å². The number of hydrogen-bond donors (Lipinski definition) is 0. The van der Waals surface area contributed by atoms with E-state index in [1.54, 1.807) is 0 Å². The van der Waals surface area contributed by atoms with Gasteiger partial charge in [0.2, 0.25) is 0 Å². The van der Waals surface area contributed by atoms with Gasteiger partial charge in [-0.1, -0.05) is 41.5 Å². The summed E-state index contributed by atoms with van der Waals surface area (Å²) in [5, 5.41) is 0. The van der Waals surface area contributed by atoms with Gasteiger partial charge in [-0.05, 0) is 18.5 Å². The lowest BCUT2D eigenvalue weighted by Crippen LogP contribution is -2.22. The van der Waals surface area contributed by atoms with Crippen molar-refractivity contribution in [2.45, 2.75) is 72.1 Å². The Balaban J connectivity index is 3.46. The van der Waals surface area contributed by atoms with Crippen molar-refractivity contribution in [3.8, 4) is 0 Å². The topological polar surface area (TPSA) is 39.4 Å². The van der Waals surface area contributed by atoms with Crippen LogP contribution >= 0.6 is 0 Å². The Bertz CT molecular complexity index is 473. The normalized spacial score (nSPS) is 13.1. The van der Waals surface area contributed by atoms with Crippen LogP contribution in [0.4, 0.5) is 0 Å². The highest BCUT2D eigenvalue weighted by Crippen LogP contribution is 2.39. The van der Waals surface area contributed by atoms with E-state index in [4.69, 9.17) is 8.84 Å². The van der Waals surface area contributed by atoms with E-state index in [9.17, 15) is 4.79 Å². The Morgan fingerprint density at radius 2 is 1.65 bits per heavy atom. The lowest BCUT2D eigenvalue weighted by Gasteiger charge is -2.26. The molecule has 0 saturated carbocycles. The molecule has 1 aromatic rings. The van der Waals surface area contributed by atoms with Gasteiger partial charge in [0.15, 0.2) is 21.1 Å². The Morgan fingerprint density at radius 1 is 1.10 bits per heavy atom. The van der Waals surface area contributed by atoms with Crippen molar-refractivity contribution in [2.24, 2.45) is 0 Å². The first-order valence-electron chi connectivity index (χ1n) is 7.22. The molecule has 0 amide bonds. The molecule has 1 heterocycles. The lowest BCUT2D eigenvalue weighted by molar-refractivity contribution is 0.109. The molecule has 0 bridgehead atoms. The summed E-state index contributed by atoms with van der Waals surface area (Å²) in [7, 11) is -1.14. The first-order chi connectivity index (χ1) is 8.98. The molecule has 0 radical (unpaired) electrons. The SMILES string of the molecule is C[SiH](C)OCc1c(C=O)oc(C(C)(C)C)c1C(C)(C)C. The highest BCUT2D eigenvalue weighted by Gasteiger charge is 2.34. The Kier molecular flexibility index (Phi) is 5.03. The molecule has 1 rings (SSSR count). The summed E-state index contributed by atoms with van der Waals surface area (Å²) in [4.78, 5) is 11.4. The quantitative estimate of drug-likeness (QED) is 0.618. The molecule has 114 valence electrons. The largest absolute Gasteiger partial charge is 0.457 e. The van der Waals surface area contributed by atoms with Gasteiger partial charge in [0.1, 0.15) is 5.76 Å². The van der Waals surface area contributed by atoms with Crippen LogP contribution in [0, 0.1) is 0 Å². The maximum absolute atomic E-state index is 11.4. The van der Waals surface area contributed by atoms with Crippen LogP contribution in [0.15, 0.2) is 4.42 Å². The van der Waals surface area contributed by atoms with Crippen LogP contribution in [-0.2, 0) is 21.9 Å². The van der Waals surface area contributed by atoms with E-state index >= 15 is 0 Å². The minimum Gasteiger partial charge on any atom is -0.457 e. The van der Waals surface area contributed by atoms with Gasteiger partial charge in [-0.25, -0.2) is 0 Å². The second kappa shape index (κ2) is 5.86. The number of rotatable bonds is 4. The molecular formula is C16H28O3Si. The fraction of sp³-hybridized carbons (Fsp3) is 0.688. The van der Waals surface area contributed by atoms with Gasteiger partial charge < -0.3 is 8.84 Å². The van der Waals surface area contributed by atoms with Gasteiger partial charge in [-0.3, -0.25) is 4.79 Å². The van der Waals surface area contributed by atoms with Crippen molar-refractivity contribution in [2.75, 3.05) is 0 Å². The number of carbonyl (C=O) groups excluding carboxylic acids is 1. The summed E-state index contributed by atoms with van der Waals surface area (Å²) < 4.78 is 11.7. The monoisotopic (exact) mass is 296 g/mol. The predicted molar refractivity (Wildman–Crippen MR) is 85.2 cm³/mol. The van der Waals surface area contributed by atoms with Crippen molar-refractivity contribution < 1.29 is 13.6 Å². The van der Waals surface area contributed by atoms with Crippen LogP contribution in [0.25, 0.3) is 0 Å². The molecule has 0 fully saturated rings. The van der Waals surface area contributed by atoms with E-state index in [-0.39, 0.29) is 10.8 Å². The van der Waals surface area contributed by atoms with Crippen molar-refractivity contribution in [1.29, 1.82) is 0 Å². The average molecular weight is 296 g/mol. The predicted octanol–water partition coefficient (Wildman–Crippen LogP) is 4.19. The van der Waals surface area contributed by atoms with Crippen LogP contribution in [0.2, 0.25) is 13.1 Å². The summed E-state index contributed by atoms with van der Waals surface area (Å²) in [6, 6.07) is 0. The standard InChI is InChI=1S/C16H28O3Si/c1-15(2,3)13-11(10-18-20(7)8)12(9-17)19-14(13)16(4,5)6/h9,20H,10H2,1-8H3. The van der Waals surface area contributed by atoms with Gasteiger partial charge in [-0.15, -0.1) is 0 Å². The second-order valence-corrected chi connectivity index (χ2v) is 10.1. The summed E-state index contributed by atoms with van der Waals surface area (Å²) >= 11 is 0. The molecule has 0 aliphatic rings. The van der Waals surface area contributed by atoms with Crippen LogP contribution in [0.1, 0.15) is 69.0 Å². The van der Waals surface area contributed by atoms with Crippen molar-refractivity contribution >= 4 is 15.3 Å². The molecule has 0 aromatic carbocycles. The molecule has 3 nitrogen and oxygen atoms in total. The molecule has 0 spiro atoms. The molecule has 0 saturated heterocycles. The van der Waals surface area contributed by atoms with E-state index in [1.807, 2.05) is 0 Å². The Labute approximate surface area is 124 Å². The van der Waals surface area contributed by atoms with Gasteiger partial charge >= 0.3 is 0 Å². The van der Waals surface area contributed by atoms with Gasteiger partial charge in [0.05, 0.1) is 6.61 Å². The minimum absolute atomic E-state index is 0.0788. The average Bonchev–Trinajstić information content (AvgIpc) is 2.63. The lowest BCUT2D eigenvalue weighted by atomic mass is 9.78. The molecule has 0 aliphatic heterocycles. The zero-order valence-corrected chi connectivity index (χ0v) is 15.2. The van der Waals surface area contributed by atoms with E-state index in [2.05, 4.69) is 54.6 Å². The summed E-state index contributed by atoms with van der Waals surface area (Å²) in [5.41, 5.74) is 1.85. The van der Waals surface area contributed by atoms with Crippen molar-refractivity contribution in [3.63, 3.8) is 0 Å². The summed E-state index contributed by atoms with van der Waals surface area (Å²) in [5.74, 6) is 1.32. The Morgan fingerprint density at radius 3 is 2.00 bits per heavy atom. The fourth-order valence-electron chi connectivity index (χ4n) is 2.29. The first-order valence-corrected chi connectivity index (χ1v) is 10.00. The molecule has 0 aliphatic carbocycles. The highest BCUT2D eigenvalue weighted by molar-refractivity contribution is 6.48. The van der Waals surface area contributed by atoms with Crippen LogP contribution < -0.4 is 0 Å². The molecule has 0 unspecified atom stereocenters. The van der Waals surface area contributed by atoms with Gasteiger partial charge in [-0.2, -0.15) is 0 Å². The number of hydrogen-bond acceptors (Lipinski definition) is 3. The molecule has 0 atom stereocenters. The third-order valence-corrected chi connectivity index (χ3v) is 3.97. The maximum Gasteiger partial charge on any atom is 0.185 e. The van der Waals surface area contributed by atoms with E-state index in [0.29, 0.717) is 12.4 Å². The highest BCUT2D eigenvalue weighted by atomic mass is 28.3. The third kappa shape index (κ3) is 3.82. The zero-order valence-electron chi connectivity index (χ0n) is 14.1. The minimum atomic E-state index is -1.14. The van der Waals surface area contributed by atoms with Crippen molar-refractivity contribution in [1.82, 2.24) is 0 Å². The van der Waals surface area contributed by atoms with E-state index in [0.717, 1.165) is 23.2 Å². The second-order valence-electron chi connectivity index (χ2n) is 7.63. The van der Waals surface area contributed by atoms with Crippen molar-refractivity contribution in [3.05, 3.63) is 22.6 Å². The fourth-order valence-corrected chi connectivity index (χ4v) is 2.79. The molecule has 4 heteroatoms. The van der Waals surface area contributed by atoms with Crippen LogP contribution in [0.5, 0.6) is 0 Å². The Hall–Kier alpha value is -0.873. The van der Waals surface area contributed by atoms with Gasteiger partial charge in [0, 0.05) is 16.5 Å². The molecular weight excluding hydrogens is 268 g/mol. The maximum atomic E-state index is 11.4. The number of carbonyl (C=O) groups is 1. The van der Waals surface area contributed by atoms with Crippen LogP contribution in [0.3, 0.4) is 0 Å². The van der Waals surface area contributed by atoms with Gasteiger partial charge in [0.25, 0.3) is 0 Å². The van der Waals surface area contributed by atoms with Crippen LogP contribution in [-0.4, -0.2) is 15.3 Å². The first kappa shape index (κ1) is 17.2. The van der Waals surface area contributed by atoms with E-state index in [1.165, 1.54) is 0 Å². The summed E-state index contributed by atoms with van der Waals surface area (Å²) in [6.45, 7) is 17.5. The molecule has 0 N–H and O–H groups in total. The molecule has 20 heavy (non-hydrogen) atoms. The number of furan rings is 1. The summed E-state index contributed by atoms with van der Waals surface area (Å²) in [6.07, 6.45) is 0.811. The zero-order chi connectivity index (χ0) is 15.7. The third-order valence-electron chi connectivity index (χ3n) is 3.14.